The number of carbonyl (C=O) groups is 3. The Morgan fingerprint density at radius 2 is 1.44 bits per heavy atom. The lowest BCUT2D eigenvalue weighted by Crippen LogP contribution is -2.37. The van der Waals surface area contributed by atoms with Gasteiger partial charge >= 0.3 is 11.8 Å². The van der Waals surface area contributed by atoms with Crippen LogP contribution in [0, 0.1) is 0 Å². The highest BCUT2D eigenvalue weighted by molar-refractivity contribution is 6.35. The summed E-state index contributed by atoms with van der Waals surface area (Å²) < 4.78 is 5.47. The molecular weight excluding hydrogens is 456 g/mol. The third kappa shape index (κ3) is 8.40. The standard InChI is InChI=1S/C25H23ClN4O4/c26-21-10-6-19(7-11-21)15-28-24(32)25(33)30-29-16-20-8-12-22(13-9-20)34-17-23(31)27-14-18-4-2-1-3-5-18/h1-13,16H,14-15,17H2,(H,27,31)(H,28,32)(H,30,33)/b29-16-. The normalized spacial score (nSPS) is 10.5. The van der Waals surface area contributed by atoms with Gasteiger partial charge in [-0.05, 0) is 53.1 Å². The summed E-state index contributed by atoms with van der Waals surface area (Å²) in [4.78, 5) is 35.6. The van der Waals surface area contributed by atoms with Crippen LogP contribution < -0.4 is 20.8 Å². The molecule has 0 atom stereocenters. The van der Waals surface area contributed by atoms with E-state index in [0.717, 1.165) is 11.1 Å². The molecular formula is C25H23ClN4O4. The molecule has 0 aliphatic carbocycles. The lowest BCUT2D eigenvalue weighted by Gasteiger charge is -2.08. The van der Waals surface area contributed by atoms with Gasteiger partial charge in [-0.3, -0.25) is 14.4 Å². The van der Waals surface area contributed by atoms with E-state index in [9.17, 15) is 14.4 Å². The van der Waals surface area contributed by atoms with Gasteiger partial charge in [0, 0.05) is 18.1 Å². The molecule has 0 saturated carbocycles. The first-order chi connectivity index (χ1) is 16.5. The van der Waals surface area contributed by atoms with Crippen molar-refractivity contribution in [3.05, 3.63) is 101 Å². The number of rotatable bonds is 9. The molecule has 0 unspecified atom stereocenters. The summed E-state index contributed by atoms with van der Waals surface area (Å²) in [6.45, 7) is 0.518. The molecule has 0 bridgehead atoms. The van der Waals surface area contributed by atoms with Crippen LogP contribution in [0.15, 0.2) is 84.0 Å². The molecule has 0 radical (unpaired) electrons. The summed E-state index contributed by atoms with van der Waals surface area (Å²) in [5, 5.41) is 9.65. The number of ether oxygens (including phenoxy) is 1. The SMILES string of the molecule is O=C(COc1ccc(/C=N\NC(=O)C(=O)NCc2ccc(Cl)cc2)cc1)NCc1ccccc1. The van der Waals surface area contributed by atoms with Gasteiger partial charge in [-0.2, -0.15) is 5.10 Å². The molecule has 0 heterocycles. The second kappa shape index (κ2) is 12.8. The van der Waals surface area contributed by atoms with Crippen LogP contribution in [-0.2, 0) is 27.5 Å². The van der Waals surface area contributed by atoms with Gasteiger partial charge in [0.15, 0.2) is 6.61 Å². The Morgan fingerprint density at radius 3 is 2.15 bits per heavy atom. The predicted octanol–water partition coefficient (Wildman–Crippen LogP) is 2.80. The zero-order valence-corrected chi connectivity index (χ0v) is 18.9. The van der Waals surface area contributed by atoms with E-state index in [1.807, 2.05) is 30.3 Å². The number of hydrogen-bond donors (Lipinski definition) is 3. The van der Waals surface area contributed by atoms with Crippen LogP contribution in [0.4, 0.5) is 0 Å². The van der Waals surface area contributed by atoms with Crippen LogP contribution in [0.25, 0.3) is 0 Å². The Kier molecular flexibility index (Phi) is 9.19. The minimum atomic E-state index is -0.883. The van der Waals surface area contributed by atoms with Crippen LogP contribution in [-0.4, -0.2) is 30.5 Å². The van der Waals surface area contributed by atoms with E-state index in [2.05, 4.69) is 21.2 Å². The topological polar surface area (TPSA) is 109 Å². The van der Waals surface area contributed by atoms with Gasteiger partial charge < -0.3 is 15.4 Å². The molecule has 0 fully saturated rings. The molecule has 0 aliphatic rings. The Labute approximate surface area is 202 Å². The maximum Gasteiger partial charge on any atom is 0.329 e. The summed E-state index contributed by atoms with van der Waals surface area (Å²) >= 11 is 5.81. The highest BCUT2D eigenvalue weighted by atomic mass is 35.5. The zero-order chi connectivity index (χ0) is 24.2. The first kappa shape index (κ1) is 24.5. The lowest BCUT2D eigenvalue weighted by molar-refractivity contribution is -0.139. The minimum absolute atomic E-state index is 0.110. The maximum absolute atomic E-state index is 11.9. The highest BCUT2D eigenvalue weighted by Crippen LogP contribution is 2.11. The fourth-order valence-corrected chi connectivity index (χ4v) is 2.85. The van der Waals surface area contributed by atoms with Gasteiger partial charge in [-0.15, -0.1) is 0 Å². The number of halogens is 1. The van der Waals surface area contributed by atoms with Gasteiger partial charge in [0.2, 0.25) is 0 Å². The average molecular weight is 479 g/mol. The molecule has 0 saturated heterocycles. The molecule has 8 nitrogen and oxygen atoms in total. The Morgan fingerprint density at radius 1 is 0.794 bits per heavy atom. The van der Waals surface area contributed by atoms with Crippen LogP contribution in [0.5, 0.6) is 5.75 Å². The fraction of sp³-hybridized carbons (Fsp3) is 0.120. The second-order valence-electron chi connectivity index (χ2n) is 7.13. The van der Waals surface area contributed by atoms with E-state index in [-0.39, 0.29) is 19.1 Å². The molecule has 3 amide bonds. The van der Waals surface area contributed by atoms with E-state index in [0.29, 0.717) is 22.9 Å². The highest BCUT2D eigenvalue weighted by Gasteiger charge is 2.11. The Balaban J connectivity index is 1.36. The van der Waals surface area contributed by atoms with Crippen molar-refractivity contribution in [1.29, 1.82) is 0 Å². The minimum Gasteiger partial charge on any atom is -0.484 e. The van der Waals surface area contributed by atoms with E-state index in [4.69, 9.17) is 16.3 Å². The smallest absolute Gasteiger partial charge is 0.329 e. The predicted molar refractivity (Wildman–Crippen MR) is 129 cm³/mol. The monoisotopic (exact) mass is 478 g/mol. The van der Waals surface area contributed by atoms with Crippen molar-refractivity contribution in [3.63, 3.8) is 0 Å². The summed E-state index contributed by atoms with van der Waals surface area (Å²) in [5.41, 5.74) is 4.66. The summed E-state index contributed by atoms with van der Waals surface area (Å²) in [5.74, 6) is -1.41. The van der Waals surface area contributed by atoms with Crippen molar-refractivity contribution in [1.82, 2.24) is 16.1 Å². The third-order valence-corrected chi connectivity index (χ3v) is 4.79. The van der Waals surface area contributed by atoms with Crippen LogP contribution >= 0.6 is 11.6 Å². The van der Waals surface area contributed by atoms with Crippen molar-refractivity contribution in [2.75, 3.05) is 6.61 Å². The molecule has 3 N–H and O–H groups in total. The van der Waals surface area contributed by atoms with Crippen molar-refractivity contribution in [3.8, 4) is 5.75 Å². The van der Waals surface area contributed by atoms with Crippen molar-refractivity contribution in [2.24, 2.45) is 5.10 Å². The van der Waals surface area contributed by atoms with Gasteiger partial charge in [-0.1, -0.05) is 54.1 Å². The molecule has 0 spiro atoms. The summed E-state index contributed by atoms with van der Waals surface area (Å²) in [6.07, 6.45) is 1.39. The van der Waals surface area contributed by atoms with Gasteiger partial charge in [0.1, 0.15) is 5.75 Å². The maximum atomic E-state index is 11.9. The Hall–Kier alpha value is -4.17. The number of hydrazone groups is 1. The first-order valence-corrected chi connectivity index (χ1v) is 10.8. The summed E-state index contributed by atoms with van der Waals surface area (Å²) in [7, 11) is 0. The largest absolute Gasteiger partial charge is 0.484 e. The van der Waals surface area contributed by atoms with E-state index in [1.54, 1.807) is 48.5 Å². The molecule has 34 heavy (non-hydrogen) atoms. The average Bonchev–Trinajstić information content (AvgIpc) is 2.87. The lowest BCUT2D eigenvalue weighted by atomic mass is 10.2. The first-order valence-electron chi connectivity index (χ1n) is 10.4. The van der Waals surface area contributed by atoms with Crippen molar-refractivity contribution >= 4 is 35.5 Å². The number of carbonyl (C=O) groups excluding carboxylic acids is 3. The van der Waals surface area contributed by atoms with Crippen LogP contribution in [0.2, 0.25) is 5.02 Å². The molecule has 174 valence electrons. The van der Waals surface area contributed by atoms with Crippen LogP contribution in [0.3, 0.4) is 0 Å². The Bertz CT molecular complexity index is 1130. The number of amides is 3. The number of benzene rings is 3. The van der Waals surface area contributed by atoms with E-state index < -0.39 is 11.8 Å². The fourth-order valence-electron chi connectivity index (χ4n) is 2.73. The molecule has 0 aromatic heterocycles. The van der Waals surface area contributed by atoms with Crippen molar-refractivity contribution in [2.45, 2.75) is 13.1 Å². The zero-order valence-electron chi connectivity index (χ0n) is 18.2. The van der Waals surface area contributed by atoms with Gasteiger partial charge in [-0.25, -0.2) is 5.43 Å². The van der Waals surface area contributed by atoms with Crippen LogP contribution in [0.1, 0.15) is 16.7 Å². The number of hydrogen-bond acceptors (Lipinski definition) is 5. The third-order valence-electron chi connectivity index (χ3n) is 4.53. The van der Waals surface area contributed by atoms with E-state index >= 15 is 0 Å². The molecule has 0 aliphatic heterocycles. The molecule has 3 aromatic rings. The van der Waals surface area contributed by atoms with Gasteiger partial charge in [0.05, 0.1) is 6.21 Å². The van der Waals surface area contributed by atoms with Gasteiger partial charge in [0.25, 0.3) is 5.91 Å². The summed E-state index contributed by atoms with van der Waals surface area (Å²) in [6, 6.07) is 23.2. The second-order valence-corrected chi connectivity index (χ2v) is 7.56. The number of nitrogens with one attached hydrogen (secondary N) is 3. The quantitative estimate of drug-likeness (QED) is 0.249. The molecule has 9 heteroatoms. The van der Waals surface area contributed by atoms with E-state index in [1.165, 1.54) is 6.21 Å². The van der Waals surface area contributed by atoms with Crippen molar-refractivity contribution < 1.29 is 19.1 Å². The molecule has 3 rings (SSSR count). The number of nitrogens with zero attached hydrogens (tertiary/aromatic N) is 1. The molecule has 3 aromatic carbocycles.